The standard InChI is InChI=1S/C17H24O3/c1-12(18)10-13-6-8-14(9-7-13)19-15-11-16(2,3)20-17(15,4)5/h6-9,15H,10-11H2,1-5H3. The van der Waals surface area contributed by atoms with Crippen molar-refractivity contribution < 1.29 is 14.3 Å². The van der Waals surface area contributed by atoms with Crippen LogP contribution in [0.1, 0.15) is 46.6 Å². The van der Waals surface area contributed by atoms with Crippen LogP contribution in [0.5, 0.6) is 5.75 Å². The van der Waals surface area contributed by atoms with E-state index in [2.05, 4.69) is 27.7 Å². The summed E-state index contributed by atoms with van der Waals surface area (Å²) in [4.78, 5) is 11.1. The molecule has 1 aromatic rings. The van der Waals surface area contributed by atoms with Gasteiger partial charge in [-0.1, -0.05) is 12.1 Å². The Kier molecular flexibility index (Phi) is 3.92. The molecule has 1 atom stereocenters. The number of ketones is 1. The number of carbonyl (C=O) groups is 1. The first-order valence-electron chi connectivity index (χ1n) is 7.13. The average molecular weight is 276 g/mol. The summed E-state index contributed by atoms with van der Waals surface area (Å²) < 4.78 is 12.1. The fraction of sp³-hybridized carbons (Fsp3) is 0.588. The SMILES string of the molecule is CC(=O)Cc1ccc(OC2CC(C)(C)OC2(C)C)cc1. The predicted octanol–water partition coefficient (Wildman–Crippen LogP) is 3.54. The largest absolute Gasteiger partial charge is 0.487 e. The van der Waals surface area contributed by atoms with Gasteiger partial charge in [-0.15, -0.1) is 0 Å². The van der Waals surface area contributed by atoms with Crippen LogP contribution in [-0.4, -0.2) is 23.1 Å². The lowest BCUT2D eigenvalue weighted by molar-refractivity contribution is -0.116. The summed E-state index contributed by atoms with van der Waals surface area (Å²) in [6.45, 7) is 9.92. The van der Waals surface area contributed by atoms with Crippen molar-refractivity contribution in [2.75, 3.05) is 0 Å². The lowest BCUT2D eigenvalue weighted by Crippen LogP contribution is -2.36. The quantitative estimate of drug-likeness (QED) is 0.843. The van der Waals surface area contributed by atoms with Crippen molar-refractivity contribution in [3.8, 4) is 5.75 Å². The van der Waals surface area contributed by atoms with Gasteiger partial charge in [0.25, 0.3) is 0 Å². The van der Waals surface area contributed by atoms with Crippen LogP contribution < -0.4 is 4.74 Å². The fourth-order valence-corrected chi connectivity index (χ4v) is 2.83. The van der Waals surface area contributed by atoms with E-state index in [0.29, 0.717) is 6.42 Å². The molecule has 0 N–H and O–H groups in total. The Hall–Kier alpha value is -1.35. The molecule has 3 nitrogen and oxygen atoms in total. The van der Waals surface area contributed by atoms with E-state index in [9.17, 15) is 4.79 Å². The molecule has 2 rings (SSSR count). The Morgan fingerprint density at radius 3 is 2.30 bits per heavy atom. The molecule has 0 radical (unpaired) electrons. The molecular formula is C17H24O3. The van der Waals surface area contributed by atoms with Gasteiger partial charge >= 0.3 is 0 Å². The highest BCUT2D eigenvalue weighted by atomic mass is 16.6. The van der Waals surface area contributed by atoms with Gasteiger partial charge in [-0.3, -0.25) is 4.79 Å². The number of carbonyl (C=O) groups excluding carboxylic acids is 1. The molecule has 0 spiro atoms. The fourth-order valence-electron chi connectivity index (χ4n) is 2.83. The van der Waals surface area contributed by atoms with E-state index in [0.717, 1.165) is 17.7 Å². The molecule has 0 aliphatic carbocycles. The van der Waals surface area contributed by atoms with Gasteiger partial charge in [0.15, 0.2) is 0 Å². The highest BCUT2D eigenvalue weighted by Gasteiger charge is 2.47. The monoisotopic (exact) mass is 276 g/mol. The van der Waals surface area contributed by atoms with Gasteiger partial charge < -0.3 is 9.47 Å². The summed E-state index contributed by atoms with van der Waals surface area (Å²) in [5.74, 6) is 1.00. The Labute approximate surface area is 121 Å². The van der Waals surface area contributed by atoms with Gasteiger partial charge in [-0.2, -0.15) is 0 Å². The maximum atomic E-state index is 11.1. The normalized spacial score (nSPS) is 23.6. The second kappa shape index (κ2) is 5.21. The molecular weight excluding hydrogens is 252 g/mol. The number of benzene rings is 1. The molecule has 1 aliphatic heterocycles. The minimum absolute atomic E-state index is 0.0381. The van der Waals surface area contributed by atoms with Crippen LogP contribution in [0.15, 0.2) is 24.3 Å². The first kappa shape index (κ1) is 15.0. The van der Waals surface area contributed by atoms with Crippen LogP contribution >= 0.6 is 0 Å². The Morgan fingerprint density at radius 2 is 1.85 bits per heavy atom. The number of hydrogen-bond donors (Lipinski definition) is 0. The lowest BCUT2D eigenvalue weighted by atomic mass is 9.97. The molecule has 110 valence electrons. The van der Waals surface area contributed by atoms with Crippen LogP contribution in [0.25, 0.3) is 0 Å². The van der Waals surface area contributed by atoms with Crippen molar-refractivity contribution in [2.24, 2.45) is 0 Å². The zero-order valence-corrected chi connectivity index (χ0v) is 13.0. The first-order valence-corrected chi connectivity index (χ1v) is 7.13. The molecule has 3 heteroatoms. The Bertz CT molecular complexity index is 485. The van der Waals surface area contributed by atoms with Gasteiger partial charge in [0.1, 0.15) is 23.2 Å². The molecule has 1 unspecified atom stereocenters. The van der Waals surface area contributed by atoms with Gasteiger partial charge in [0.2, 0.25) is 0 Å². The number of Topliss-reactive ketones (excluding diaryl/α,β-unsaturated/α-hetero) is 1. The van der Waals surface area contributed by atoms with Crippen molar-refractivity contribution in [3.63, 3.8) is 0 Å². The van der Waals surface area contributed by atoms with E-state index < -0.39 is 0 Å². The smallest absolute Gasteiger partial charge is 0.134 e. The molecule has 0 bridgehead atoms. The van der Waals surface area contributed by atoms with E-state index in [4.69, 9.17) is 9.47 Å². The number of hydrogen-bond acceptors (Lipinski definition) is 3. The molecule has 1 saturated heterocycles. The summed E-state index contributed by atoms with van der Waals surface area (Å²) in [6.07, 6.45) is 1.39. The molecule has 1 heterocycles. The van der Waals surface area contributed by atoms with Crippen LogP contribution in [0.4, 0.5) is 0 Å². The minimum atomic E-state index is -0.290. The van der Waals surface area contributed by atoms with E-state index in [1.807, 2.05) is 24.3 Å². The maximum Gasteiger partial charge on any atom is 0.134 e. The average Bonchev–Trinajstić information content (AvgIpc) is 2.48. The van der Waals surface area contributed by atoms with Crippen molar-refractivity contribution >= 4 is 5.78 Å². The van der Waals surface area contributed by atoms with Crippen LogP contribution in [0.2, 0.25) is 0 Å². The molecule has 1 aromatic carbocycles. The van der Waals surface area contributed by atoms with Gasteiger partial charge in [0, 0.05) is 12.8 Å². The van der Waals surface area contributed by atoms with E-state index in [-0.39, 0.29) is 23.1 Å². The molecule has 1 aliphatic rings. The zero-order chi connectivity index (χ0) is 15.0. The predicted molar refractivity (Wildman–Crippen MR) is 79.1 cm³/mol. The summed E-state index contributed by atoms with van der Waals surface area (Å²) in [6, 6.07) is 7.76. The molecule has 0 saturated carbocycles. The van der Waals surface area contributed by atoms with Crippen molar-refractivity contribution in [1.82, 2.24) is 0 Å². The second-order valence-corrected chi connectivity index (χ2v) is 6.80. The van der Waals surface area contributed by atoms with Crippen LogP contribution in [-0.2, 0) is 16.0 Å². The summed E-state index contributed by atoms with van der Waals surface area (Å²) >= 11 is 0. The first-order chi connectivity index (χ1) is 9.18. The molecule has 0 aromatic heterocycles. The molecule has 1 fully saturated rings. The van der Waals surface area contributed by atoms with Gasteiger partial charge in [-0.05, 0) is 52.3 Å². The van der Waals surface area contributed by atoms with Gasteiger partial charge in [0.05, 0.1) is 5.60 Å². The van der Waals surface area contributed by atoms with E-state index in [1.165, 1.54) is 0 Å². The van der Waals surface area contributed by atoms with Crippen molar-refractivity contribution in [3.05, 3.63) is 29.8 Å². The Morgan fingerprint density at radius 1 is 1.25 bits per heavy atom. The summed E-state index contributed by atoms with van der Waals surface area (Å²) in [7, 11) is 0. The van der Waals surface area contributed by atoms with Crippen molar-refractivity contribution in [1.29, 1.82) is 0 Å². The Balaban J connectivity index is 2.05. The van der Waals surface area contributed by atoms with E-state index in [1.54, 1.807) is 6.92 Å². The molecule has 20 heavy (non-hydrogen) atoms. The van der Waals surface area contributed by atoms with E-state index >= 15 is 0 Å². The van der Waals surface area contributed by atoms with Gasteiger partial charge in [-0.25, -0.2) is 0 Å². The molecule has 0 amide bonds. The van der Waals surface area contributed by atoms with Crippen molar-refractivity contribution in [2.45, 2.75) is 64.8 Å². The third kappa shape index (κ3) is 3.60. The second-order valence-electron chi connectivity index (χ2n) is 6.80. The highest BCUT2D eigenvalue weighted by molar-refractivity contribution is 5.78. The topological polar surface area (TPSA) is 35.5 Å². The zero-order valence-electron chi connectivity index (χ0n) is 13.0. The lowest BCUT2D eigenvalue weighted by Gasteiger charge is -2.27. The third-order valence-electron chi connectivity index (χ3n) is 3.65. The van der Waals surface area contributed by atoms with Crippen LogP contribution in [0.3, 0.4) is 0 Å². The third-order valence-corrected chi connectivity index (χ3v) is 3.65. The summed E-state index contributed by atoms with van der Waals surface area (Å²) in [5, 5.41) is 0. The summed E-state index contributed by atoms with van der Waals surface area (Å²) in [5.41, 5.74) is 0.580. The highest BCUT2D eigenvalue weighted by Crippen LogP contribution is 2.39. The minimum Gasteiger partial charge on any atom is -0.487 e. The maximum absolute atomic E-state index is 11.1. The number of ether oxygens (including phenoxy) is 2. The number of rotatable bonds is 4. The van der Waals surface area contributed by atoms with Crippen LogP contribution in [0, 0.1) is 0 Å².